The molecule has 6 nitrogen and oxygen atoms in total. The summed E-state index contributed by atoms with van der Waals surface area (Å²) < 4.78 is 21.4. The van der Waals surface area contributed by atoms with Crippen molar-refractivity contribution in [2.24, 2.45) is 12.5 Å². The number of halogens is 1. The quantitative estimate of drug-likeness (QED) is 0.721. The highest BCUT2D eigenvalue weighted by Gasteiger charge is 2.58. The van der Waals surface area contributed by atoms with Gasteiger partial charge in [0.05, 0.1) is 12.5 Å². The molecular formula is C23H31FN4O2. The maximum absolute atomic E-state index is 14.2. The Morgan fingerprint density at radius 2 is 2.23 bits per heavy atom. The molecule has 2 saturated heterocycles. The minimum absolute atomic E-state index is 0.141. The van der Waals surface area contributed by atoms with E-state index in [2.05, 4.69) is 22.1 Å². The smallest absolute Gasteiger partial charge is 0.227 e. The molecule has 0 spiro atoms. The van der Waals surface area contributed by atoms with Crippen LogP contribution in [-0.4, -0.2) is 46.1 Å². The topological polar surface area (TPSA) is 59.4 Å². The van der Waals surface area contributed by atoms with E-state index in [1.54, 1.807) is 12.3 Å². The Labute approximate surface area is 177 Å². The van der Waals surface area contributed by atoms with Crippen LogP contribution in [0.4, 0.5) is 4.39 Å². The van der Waals surface area contributed by atoms with Crippen LogP contribution in [0, 0.1) is 11.2 Å². The van der Waals surface area contributed by atoms with Gasteiger partial charge in [-0.2, -0.15) is 0 Å². The summed E-state index contributed by atoms with van der Waals surface area (Å²) in [6.07, 6.45) is 8.17. The van der Waals surface area contributed by atoms with Gasteiger partial charge < -0.3 is 14.6 Å². The first-order valence-corrected chi connectivity index (χ1v) is 10.8. The maximum Gasteiger partial charge on any atom is 0.227 e. The highest BCUT2D eigenvalue weighted by molar-refractivity contribution is 5.84. The largest absolute Gasteiger partial charge is 0.493 e. The Morgan fingerprint density at radius 3 is 2.93 bits per heavy atom. The Morgan fingerprint density at radius 1 is 1.40 bits per heavy atom. The van der Waals surface area contributed by atoms with E-state index in [-0.39, 0.29) is 23.2 Å². The summed E-state index contributed by atoms with van der Waals surface area (Å²) in [6, 6.07) is 5.59. The van der Waals surface area contributed by atoms with Gasteiger partial charge in [-0.3, -0.25) is 9.69 Å². The van der Waals surface area contributed by atoms with E-state index in [4.69, 9.17) is 4.74 Å². The van der Waals surface area contributed by atoms with Crippen molar-refractivity contribution in [2.45, 2.75) is 57.7 Å². The van der Waals surface area contributed by atoms with Crippen molar-refractivity contribution in [1.29, 1.82) is 0 Å². The number of hydrogen-bond acceptors (Lipinski definition) is 4. The number of imidazole rings is 1. The summed E-state index contributed by atoms with van der Waals surface area (Å²) >= 11 is 0. The van der Waals surface area contributed by atoms with Gasteiger partial charge in [-0.05, 0) is 31.7 Å². The van der Waals surface area contributed by atoms with Crippen molar-refractivity contribution < 1.29 is 13.9 Å². The molecule has 1 N–H and O–H groups in total. The molecule has 2 bridgehead atoms. The first-order chi connectivity index (χ1) is 14.5. The number of rotatable bonds is 8. The third-order valence-electron chi connectivity index (χ3n) is 7.12. The summed E-state index contributed by atoms with van der Waals surface area (Å²) in [6.45, 7) is 3.30. The molecule has 1 aromatic heterocycles. The molecule has 2 aliphatic heterocycles. The molecule has 2 fully saturated rings. The summed E-state index contributed by atoms with van der Waals surface area (Å²) in [5.41, 5.74) is 0.460. The number of carbonyl (C=O) groups excluding carboxylic acids is 1. The van der Waals surface area contributed by atoms with E-state index < -0.39 is 0 Å². The Kier molecular flexibility index (Phi) is 5.82. The summed E-state index contributed by atoms with van der Waals surface area (Å²) in [7, 11) is 3.47. The van der Waals surface area contributed by atoms with Crippen molar-refractivity contribution in [3.63, 3.8) is 0 Å². The zero-order chi connectivity index (χ0) is 21.3. The standard InChI is InChI=1S/C23H31FN4O2/c1-4-23(22(29)26-11-10-20-25-12-13-27(20)2)14-17-8-9-19(23)28(17)15-16-6-5-7-18(24)21(16)30-3/h5-7,12-13,17,19H,4,8-11,14-15H2,1-3H3,(H,26,29)/t17-,19+,23+/m0/s1. The summed E-state index contributed by atoms with van der Waals surface area (Å²) in [5, 5.41) is 3.18. The minimum atomic E-state index is -0.384. The predicted octanol–water partition coefficient (Wildman–Crippen LogP) is 3.06. The molecule has 0 saturated carbocycles. The molecule has 0 unspecified atom stereocenters. The highest BCUT2D eigenvalue weighted by Crippen LogP contribution is 2.52. The number of carbonyl (C=O) groups is 1. The van der Waals surface area contributed by atoms with Gasteiger partial charge >= 0.3 is 0 Å². The first-order valence-electron chi connectivity index (χ1n) is 10.8. The highest BCUT2D eigenvalue weighted by atomic mass is 19.1. The van der Waals surface area contributed by atoms with Crippen LogP contribution < -0.4 is 10.1 Å². The second kappa shape index (κ2) is 8.38. The zero-order valence-electron chi connectivity index (χ0n) is 18.0. The molecule has 2 aromatic rings. The SMILES string of the molecule is CC[C@@]1(C(=O)NCCc2nccn2C)C[C@@H]2CC[C@H]1N2Cc1cccc(F)c1OC. The van der Waals surface area contributed by atoms with Gasteiger partial charge in [0.15, 0.2) is 11.6 Å². The van der Waals surface area contributed by atoms with E-state index in [0.717, 1.165) is 37.1 Å². The van der Waals surface area contributed by atoms with Gasteiger partial charge in [0, 0.05) is 56.6 Å². The van der Waals surface area contributed by atoms with E-state index in [1.165, 1.54) is 13.2 Å². The zero-order valence-corrected chi connectivity index (χ0v) is 18.0. The second-order valence-electron chi connectivity index (χ2n) is 8.53. The molecule has 1 amide bonds. The molecule has 3 heterocycles. The Bertz CT molecular complexity index is 914. The van der Waals surface area contributed by atoms with E-state index in [9.17, 15) is 9.18 Å². The number of ether oxygens (including phenoxy) is 1. The van der Waals surface area contributed by atoms with Crippen LogP contribution in [0.1, 0.15) is 44.0 Å². The van der Waals surface area contributed by atoms with Gasteiger partial charge in [0.2, 0.25) is 5.91 Å². The van der Waals surface area contributed by atoms with Crippen LogP contribution in [0.2, 0.25) is 0 Å². The normalized spacial score (nSPS) is 25.6. The minimum Gasteiger partial charge on any atom is -0.493 e. The number of nitrogens with one attached hydrogen (secondary N) is 1. The lowest BCUT2D eigenvalue weighted by atomic mass is 9.71. The van der Waals surface area contributed by atoms with Crippen LogP contribution in [0.3, 0.4) is 0 Å². The number of nitrogens with zero attached hydrogens (tertiary/aromatic N) is 3. The number of benzene rings is 1. The summed E-state index contributed by atoms with van der Waals surface area (Å²) in [5.74, 6) is 1.08. The van der Waals surface area contributed by atoms with Gasteiger partial charge in [-0.25, -0.2) is 9.37 Å². The van der Waals surface area contributed by atoms with Crippen molar-refractivity contribution in [2.75, 3.05) is 13.7 Å². The average molecular weight is 415 g/mol. The lowest BCUT2D eigenvalue weighted by Gasteiger charge is -2.35. The van der Waals surface area contributed by atoms with Gasteiger partial charge in [-0.15, -0.1) is 0 Å². The average Bonchev–Trinajstić information content (AvgIpc) is 3.42. The van der Waals surface area contributed by atoms with E-state index >= 15 is 0 Å². The number of aromatic nitrogens is 2. The molecule has 2 aliphatic rings. The molecule has 4 rings (SSSR count). The van der Waals surface area contributed by atoms with Gasteiger partial charge in [-0.1, -0.05) is 19.1 Å². The van der Waals surface area contributed by atoms with Crippen LogP contribution in [0.25, 0.3) is 0 Å². The molecule has 0 radical (unpaired) electrons. The molecular weight excluding hydrogens is 383 g/mol. The summed E-state index contributed by atoms with van der Waals surface area (Å²) in [4.78, 5) is 20.1. The van der Waals surface area contributed by atoms with Crippen molar-refractivity contribution >= 4 is 5.91 Å². The van der Waals surface area contributed by atoms with Crippen LogP contribution in [0.15, 0.2) is 30.6 Å². The van der Waals surface area contributed by atoms with E-state index in [0.29, 0.717) is 31.3 Å². The van der Waals surface area contributed by atoms with Gasteiger partial charge in [0.25, 0.3) is 0 Å². The number of methoxy groups -OCH3 is 1. The number of amides is 1. The third kappa shape index (κ3) is 3.49. The van der Waals surface area contributed by atoms with Crippen LogP contribution in [0.5, 0.6) is 5.75 Å². The third-order valence-corrected chi connectivity index (χ3v) is 7.12. The number of hydrogen-bond donors (Lipinski definition) is 1. The van der Waals surface area contributed by atoms with Crippen LogP contribution in [-0.2, 0) is 24.8 Å². The molecule has 0 aliphatic carbocycles. The molecule has 30 heavy (non-hydrogen) atoms. The fourth-order valence-electron chi connectivity index (χ4n) is 5.53. The fourth-order valence-corrected chi connectivity index (χ4v) is 5.53. The molecule has 7 heteroatoms. The van der Waals surface area contributed by atoms with Crippen LogP contribution >= 0.6 is 0 Å². The number of aryl methyl sites for hydroxylation is 1. The molecule has 3 atom stereocenters. The monoisotopic (exact) mass is 414 g/mol. The Hall–Kier alpha value is -2.41. The van der Waals surface area contributed by atoms with E-state index in [1.807, 2.05) is 23.9 Å². The predicted molar refractivity (Wildman–Crippen MR) is 113 cm³/mol. The second-order valence-corrected chi connectivity index (χ2v) is 8.53. The first kappa shape index (κ1) is 20.8. The maximum atomic E-state index is 14.2. The number of para-hydroxylation sites is 1. The lowest BCUT2D eigenvalue weighted by Crippen LogP contribution is -2.49. The van der Waals surface area contributed by atoms with Crippen molar-refractivity contribution in [3.05, 3.63) is 47.8 Å². The van der Waals surface area contributed by atoms with Gasteiger partial charge in [0.1, 0.15) is 5.82 Å². The lowest BCUT2D eigenvalue weighted by molar-refractivity contribution is -0.133. The fraction of sp³-hybridized carbons (Fsp3) is 0.565. The van der Waals surface area contributed by atoms with Crippen molar-refractivity contribution in [1.82, 2.24) is 19.8 Å². The molecule has 1 aromatic carbocycles. The Balaban J connectivity index is 1.47. The molecule has 162 valence electrons. The number of fused-ring (bicyclic) bond motifs is 2. The van der Waals surface area contributed by atoms with Crippen molar-refractivity contribution in [3.8, 4) is 5.75 Å².